The number of hydrogen-bond donors (Lipinski definition) is 0. The van der Waals surface area contributed by atoms with E-state index in [2.05, 4.69) is 9.80 Å². The van der Waals surface area contributed by atoms with Crippen LogP contribution in [-0.2, 0) is 4.79 Å². The summed E-state index contributed by atoms with van der Waals surface area (Å²) >= 11 is 0. The highest BCUT2D eigenvalue weighted by molar-refractivity contribution is 5.78. The van der Waals surface area contributed by atoms with Gasteiger partial charge in [-0.2, -0.15) is 0 Å². The standard InChI is InChI=1S/C15H24N2O/c18-14-8-7-11-4-3-5-12-10-16-9-2-1-6-13(16)17(14)15(11)12/h11-13,15H,1-10H2. The predicted octanol–water partition coefficient (Wildman–Crippen LogP) is 2.22. The maximum atomic E-state index is 12.4. The fourth-order valence-electron chi connectivity index (χ4n) is 5.11. The molecule has 4 aliphatic rings. The zero-order chi connectivity index (χ0) is 12.1. The molecule has 1 saturated carbocycles. The maximum absolute atomic E-state index is 12.4. The topological polar surface area (TPSA) is 23.6 Å². The number of nitrogens with zero attached hydrogens (tertiary/aromatic N) is 2. The van der Waals surface area contributed by atoms with Gasteiger partial charge < -0.3 is 4.90 Å². The van der Waals surface area contributed by atoms with E-state index >= 15 is 0 Å². The molecule has 0 bridgehead atoms. The number of fused-ring (bicyclic) bond motifs is 2. The van der Waals surface area contributed by atoms with E-state index in [9.17, 15) is 4.79 Å². The van der Waals surface area contributed by atoms with E-state index in [4.69, 9.17) is 0 Å². The normalized spacial score (nSPS) is 44.4. The van der Waals surface area contributed by atoms with Gasteiger partial charge in [0.15, 0.2) is 0 Å². The van der Waals surface area contributed by atoms with Crippen molar-refractivity contribution in [3.8, 4) is 0 Å². The van der Waals surface area contributed by atoms with Gasteiger partial charge in [-0.05, 0) is 50.4 Å². The quantitative estimate of drug-likeness (QED) is 0.656. The fraction of sp³-hybridized carbons (Fsp3) is 0.933. The lowest BCUT2D eigenvalue weighted by molar-refractivity contribution is -0.169. The SMILES string of the molecule is O=C1CCC2CCCC3CN4CCCCC4N1C23. The van der Waals surface area contributed by atoms with Crippen molar-refractivity contribution >= 4 is 5.91 Å². The second kappa shape index (κ2) is 4.22. The van der Waals surface area contributed by atoms with Crippen LogP contribution in [0.15, 0.2) is 0 Å². The molecule has 4 atom stereocenters. The van der Waals surface area contributed by atoms with E-state index in [0.29, 0.717) is 18.1 Å². The van der Waals surface area contributed by atoms with Gasteiger partial charge in [-0.3, -0.25) is 9.69 Å². The molecule has 0 radical (unpaired) electrons. The summed E-state index contributed by atoms with van der Waals surface area (Å²) in [6.45, 7) is 2.50. The number of amides is 1. The lowest BCUT2D eigenvalue weighted by Gasteiger charge is -2.59. The molecule has 0 aromatic rings. The van der Waals surface area contributed by atoms with Gasteiger partial charge in [-0.15, -0.1) is 0 Å². The van der Waals surface area contributed by atoms with Gasteiger partial charge in [0.25, 0.3) is 0 Å². The minimum absolute atomic E-state index is 0.458. The molecule has 0 spiro atoms. The summed E-state index contributed by atoms with van der Waals surface area (Å²) in [6, 6.07) is 0.611. The highest BCUT2D eigenvalue weighted by atomic mass is 16.2. The van der Waals surface area contributed by atoms with Gasteiger partial charge in [0, 0.05) is 25.6 Å². The molecule has 0 aromatic carbocycles. The van der Waals surface area contributed by atoms with Gasteiger partial charge in [-0.25, -0.2) is 0 Å². The summed E-state index contributed by atoms with van der Waals surface area (Å²) in [6.07, 6.45) is 10.4. The van der Waals surface area contributed by atoms with Gasteiger partial charge >= 0.3 is 0 Å². The molecule has 1 aliphatic carbocycles. The first-order chi connectivity index (χ1) is 8.84. The van der Waals surface area contributed by atoms with Crippen molar-refractivity contribution in [2.45, 2.75) is 63.6 Å². The minimum atomic E-state index is 0.458. The molecule has 3 saturated heterocycles. The Balaban J connectivity index is 1.68. The Morgan fingerprint density at radius 2 is 1.83 bits per heavy atom. The van der Waals surface area contributed by atoms with E-state index in [0.717, 1.165) is 18.3 Å². The van der Waals surface area contributed by atoms with Crippen LogP contribution in [0, 0.1) is 11.8 Å². The van der Waals surface area contributed by atoms with E-state index in [1.54, 1.807) is 0 Å². The van der Waals surface area contributed by atoms with Crippen molar-refractivity contribution in [1.82, 2.24) is 9.80 Å². The second-order valence-electron chi connectivity index (χ2n) is 6.75. The first kappa shape index (κ1) is 11.3. The zero-order valence-corrected chi connectivity index (χ0v) is 11.2. The number of carbonyl (C=O) groups is 1. The molecular weight excluding hydrogens is 224 g/mol. The van der Waals surface area contributed by atoms with Crippen molar-refractivity contribution in [3.63, 3.8) is 0 Å². The average Bonchev–Trinajstić information content (AvgIpc) is 2.41. The molecule has 1 amide bonds. The molecular formula is C15H24N2O. The third-order valence-corrected chi connectivity index (χ3v) is 5.82. The predicted molar refractivity (Wildman–Crippen MR) is 69.9 cm³/mol. The first-order valence-electron chi connectivity index (χ1n) is 7.90. The van der Waals surface area contributed by atoms with E-state index in [1.165, 1.54) is 58.0 Å². The minimum Gasteiger partial charge on any atom is -0.323 e. The van der Waals surface area contributed by atoms with Crippen LogP contribution in [0.3, 0.4) is 0 Å². The summed E-state index contributed by atoms with van der Waals surface area (Å²) in [5, 5.41) is 0. The van der Waals surface area contributed by atoms with Crippen LogP contribution < -0.4 is 0 Å². The third kappa shape index (κ3) is 1.56. The Hall–Kier alpha value is -0.570. The second-order valence-corrected chi connectivity index (χ2v) is 6.75. The lowest BCUT2D eigenvalue weighted by atomic mass is 9.70. The largest absolute Gasteiger partial charge is 0.323 e. The van der Waals surface area contributed by atoms with E-state index in [-0.39, 0.29) is 0 Å². The van der Waals surface area contributed by atoms with Crippen LogP contribution in [0.4, 0.5) is 0 Å². The summed E-state index contributed by atoms with van der Waals surface area (Å²) in [5.41, 5.74) is 0. The van der Waals surface area contributed by atoms with Gasteiger partial charge in [0.2, 0.25) is 5.91 Å². The number of rotatable bonds is 0. The highest BCUT2D eigenvalue weighted by Crippen LogP contribution is 2.45. The molecule has 4 unspecified atom stereocenters. The van der Waals surface area contributed by atoms with Crippen LogP contribution in [0.2, 0.25) is 0 Å². The van der Waals surface area contributed by atoms with Gasteiger partial charge in [-0.1, -0.05) is 6.42 Å². The first-order valence-corrected chi connectivity index (χ1v) is 7.90. The lowest BCUT2D eigenvalue weighted by Crippen LogP contribution is -2.68. The summed E-state index contributed by atoms with van der Waals surface area (Å²) in [4.78, 5) is 17.4. The number of carbonyl (C=O) groups excluding carboxylic acids is 1. The van der Waals surface area contributed by atoms with Crippen molar-refractivity contribution in [2.24, 2.45) is 11.8 Å². The van der Waals surface area contributed by atoms with Crippen LogP contribution in [0.25, 0.3) is 0 Å². The van der Waals surface area contributed by atoms with Crippen LogP contribution in [-0.4, -0.2) is 41.0 Å². The van der Waals surface area contributed by atoms with E-state index < -0.39 is 0 Å². The van der Waals surface area contributed by atoms with Crippen molar-refractivity contribution in [1.29, 1.82) is 0 Å². The molecule has 100 valence electrons. The molecule has 4 rings (SSSR count). The van der Waals surface area contributed by atoms with Crippen LogP contribution in [0.1, 0.15) is 51.4 Å². The summed E-state index contributed by atoms with van der Waals surface area (Å²) in [5.74, 6) is 2.06. The third-order valence-electron chi connectivity index (χ3n) is 5.82. The number of piperidine rings is 2. The van der Waals surface area contributed by atoms with Crippen LogP contribution >= 0.6 is 0 Å². The van der Waals surface area contributed by atoms with Crippen molar-refractivity contribution in [3.05, 3.63) is 0 Å². The van der Waals surface area contributed by atoms with Gasteiger partial charge in [0.05, 0.1) is 6.17 Å². The molecule has 18 heavy (non-hydrogen) atoms. The Morgan fingerprint density at radius 3 is 2.78 bits per heavy atom. The monoisotopic (exact) mass is 248 g/mol. The Kier molecular flexibility index (Phi) is 2.65. The zero-order valence-electron chi connectivity index (χ0n) is 11.2. The van der Waals surface area contributed by atoms with E-state index in [1.807, 2.05) is 0 Å². The Morgan fingerprint density at radius 1 is 0.944 bits per heavy atom. The number of hydrogen-bond acceptors (Lipinski definition) is 2. The van der Waals surface area contributed by atoms with Gasteiger partial charge in [0.1, 0.15) is 0 Å². The molecule has 3 heteroatoms. The Bertz CT molecular complexity index is 356. The summed E-state index contributed by atoms with van der Waals surface area (Å²) < 4.78 is 0. The molecule has 0 aromatic heterocycles. The highest BCUT2D eigenvalue weighted by Gasteiger charge is 2.50. The van der Waals surface area contributed by atoms with Crippen molar-refractivity contribution in [2.75, 3.05) is 13.1 Å². The fourth-order valence-corrected chi connectivity index (χ4v) is 5.11. The molecule has 3 nitrogen and oxygen atoms in total. The molecule has 0 N–H and O–H groups in total. The summed E-state index contributed by atoms with van der Waals surface area (Å²) in [7, 11) is 0. The van der Waals surface area contributed by atoms with Crippen molar-refractivity contribution < 1.29 is 4.79 Å². The smallest absolute Gasteiger partial charge is 0.224 e. The average molecular weight is 248 g/mol. The van der Waals surface area contributed by atoms with Crippen LogP contribution in [0.5, 0.6) is 0 Å². The molecule has 3 heterocycles. The molecule has 3 aliphatic heterocycles. The maximum Gasteiger partial charge on any atom is 0.224 e. The Labute approximate surface area is 110 Å². The molecule has 4 fully saturated rings.